The van der Waals surface area contributed by atoms with Crippen LogP contribution in [0.4, 0.5) is 4.79 Å². The van der Waals surface area contributed by atoms with Gasteiger partial charge in [-0.25, -0.2) is 4.79 Å². The van der Waals surface area contributed by atoms with Gasteiger partial charge in [0.05, 0.1) is 12.6 Å². The first-order valence-electron chi connectivity index (χ1n) is 4.24. The summed E-state index contributed by atoms with van der Waals surface area (Å²) in [5.41, 5.74) is 0. The Balaban J connectivity index is 2.47. The van der Waals surface area contributed by atoms with Crippen LogP contribution < -0.4 is 0 Å². The second kappa shape index (κ2) is 4.10. The van der Waals surface area contributed by atoms with Crippen molar-refractivity contribution in [1.82, 2.24) is 9.80 Å². The molecule has 0 aromatic rings. The van der Waals surface area contributed by atoms with Crippen LogP contribution in [-0.2, 0) is 0 Å². The minimum atomic E-state index is -0.871. The van der Waals surface area contributed by atoms with Crippen LogP contribution in [-0.4, -0.2) is 53.2 Å². The molecule has 1 heterocycles. The van der Waals surface area contributed by atoms with Gasteiger partial charge in [0.15, 0.2) is 0 Å². The lowest BCUT2D eigenvalue weighted by Gasteiger charge is -2.37. The lowest BCUT2D eigenvalue weighted by molar-refractivity contribution is 0.0795. The number of amides is 1. The van der Waals surface area contributed by atoms with Crippen LogP contribution in [0, 0.1) is 11.3 Å². The van der Waals surface area contributed by atoms with E-state index in [1.807, 2.05) is 11.8 Å². The van der Waals surface area contributed by atoms with Gasteiger partial charge in [-0.05, 0) is 6.92 Å². The summed E-state index contributed by atoms with van der Waals surface area (Å²) in [6.45, 7) is 4.05. The molecular formula is C8H13N3O2. The van der Waals surface area contributed by atoms with Crippen LogP contribution in [0.15, 0.2) is 0 Å². The Morgan fingerprint density at radius 2 is 2.38 bits per heavy atom. The molecule has 1 aliphatic rings. The van der Waals surface area contributed by atoms with Gasteiger partial charge in [0.2, 0.25) is 0 Å². The van der Waals surface area contributed by atoms with E-state index in [9.17, 15) is 4.79 Å². The molecule has 5 heteroatoms. The van der Waals surface area contributed by atoms with Crippen molar-refractivity contribution in [3.05, 3.63) is 0 Å². The maximum absolute atomic E-state index is 10.7. The Morgan fingerprint density at radius 1 is 1.69 bits per heavy atom. The summed E-state index contributed by atoms with van der Waals surface area (Å²) in [6, 6.07) is 2.05. The predicted octanol–water partition coefficient (Wildman–Crippen LogP) is 0.194. The zero-order valence-corrected chi connectivity index (χ0v) is 7.60. The molecule has 0 aromatic heterocycles. The van der Waals surface area contributed by atoms with Crippen molar-refractivity contribution in [2.24, 2.45) is 0 Å². The number of piperazine rings is 1. The summed E-state index contributed by atoms with van der Waals surface area (Å²) in [5.74, 6) is 0. The molecule has 5 nitrogen and oxygen atoms in total. The third-order valence-electron chi connectivity index (χ3n) is 2.25. The van der Waals surface area contributed by atoms with E-state index < -0.39 is 6.09 Å². The van der Waals surface area contributed by atoms with Crippen molar-refractivity contribution in [3.8, 4) is 6.07 Å². The van der Waals surface area contributed by atoms with Gasteiger partial charge in [-0.2, -0.15) is 5.26 Å². The van der Waals surface area contributed by atoms with E-state index >= 15 is 0 Å². The lowest BCUT2D eigenvalue weighted by Crippen LogP contribution is -2.53. The minimum absolute atomic E-state index is 0.0143. The SMILES string of the molecule is C[C@@H]1CN(CC#N)CCN1C(=O)O. The number of rotatable bonds is 1. The molecule has 1 rings (SSSR count). The number of hydrogen-bond donors (Lipinski definition) is 1. The molecule has 0 aliphatic carbocycles. The highest BCUT2D eigenvalue weighted by Gasteiger charge is 2.26. The highest BCUT2D eigenvalue weighted by atomic mass is 16.4. The zero-order chi connectivity index (χ0) is 9.84. The molecule has 0 saturated carbocycles. The molecule has 72 valence electrons. The van der Waals surface area contributed by atoms with Crippen LogP contribution in [0.2, 0.25) is 0 Å². The largest absolute Gasteiger partial charge is 0.465 e. The number of nitrogens with zero attached hydrogens (tertiary/aromatic N) is 3. The van der Waals surface area contributed by atoms with Gasteiger partial charge < -0.3 is 10.0 Å². The van der Waals surface area contributed by atoms with E-state index in [1.165, 1.54) is 4.90 Å². The summed E-state index contributed by atoms with van der Waals surface area (Å²) in [7, 11) is 0. The molecule has 1 saturated heterocycles. The second-order valence-electron chi connectivity index (χ2n) is 3.22. The van der Waals surface area contributed by atoms with Gasteiger partial charge in [-0.3, -0.25) is 4.90 Å². The average Bonchev–Trinajstić information content (AvgIpc) is 2.04. The Labute approximate surface area is 77.2 Å². The Morgan fingerprint density at radius 3 is 2.85 bits per heavy atom. The molecule has 13 heavy (non-hydrogen) atoms. The molecule has 0 unspecified atom stereocenters. The standard InChI is InChI=1S/C8H13N3O2/c1-7-6-10(3-2-9)4-5-11(7)8(12)13/h7H,3-6H2,1H3,(H,12,13)/t7-/m1/s1. The van der Waals surface area contributed by atoms with Crippen LogP contribution in [0.25, 0.3) is 0 Å². The maximum Gasteiger partial charge on any atom is 0.407 e. The second-order valence-corrected chi connectivity index (χ2v) is 3.22. The Hall–Kier alpha value is -1.28. The molecule has 0 aromatic carbocycles. The van der Waals surface area contributed by atoms with Crippen molar-refractivity contribution < 1.29 is 9.90 Å². The fourth-order valence-corrected chi connectivity index (χ4v) is 1.56. The van der Waals surface area contributed by atoms with E-state index in [1.54, 1.807) is 0 Å². The number of hydrogen-bond acceptors (Lipinski definition) is 3. The van der Waals surface area contributed by atoms with Gasteiger partial charge in [0.25, 0.3) is 0 Å². The maximum atomic E-state index is 10.7. The van der Waals surface area contributed by atoms with Gasteiger partial charge >= 0.3 is 6.09 Å². The van der Waals surface area contributed by atoms with E-state index in [-0.39, 0.29) is 6.04 Å². The first-order valence-corrected chi connectivity index (χ1v) is 4.24. The average molecular weight is 183 g/mol. The van der Waals surface area contributed by atoms with Crippen LogP contribution in [0.1, 0.15) is 6.92 Å². The van der Waals surface area contributed by atoms with Crippen molar-refractivity contribution in [2.75, 3.05) is 26.2 Å². The Kier molecular flexibility index (Phi) is 3.09. The topological polar surface area (TPSA) is 67.6 Å². The van der Waals surface area contributed by atoms with Crippen LogP contribution in [0.5, 0.6) is 0 Å². The van der Waals surface area contributed by atoms with E-state index in [4.69, 9.17) is 10.4 Å². The van der Waals surface area contributed by atoms with Crippen molar-refractivity contribution >= 4 is 6.09 Å². The predicted molar refractivity (Wildman–Crippen MR) is 46.2 cm³/mol. The molecule has 1 amide bonds. The molecule has 1 N–H and O–H groups in total. The van der Waals surface area contributed by atoms with Crippen molar-refractivity contribution in [1.29, 1.82) is 5.26 Å². The summed E-state index contributed by atoms with van der Waals surface area (Å²) in [5, 5.41) is 17.2. The lowest BCUT2D eigenvalue weighted by atomic mass is 10.2. The number of carbonyl (C=O) groups is 1. The summed E-state index contributed by atoms with van der Waals surface area (Å²) in [4.78, 5) is 14.0. The molecule has 1 atom stereocenters. The summed E-state index contributed by atoms with van der Waals surface area (Å²) in [6.07, 6.45) is -0.871. The van der Waals surface area contributed by atoms with Crippen LogP contribution >= 0.6 is 0 Å². The highest BCUT2D eigenvalue weighted by molar-refractivity contribution is 5.65. The fourth-order valence-electron chi connectivity index (χ4n) is 1.56. The summed E-state index contributed by atoms with van der Waals surface area (Å²) < 4.78 is 0. The molecule has 1 aliphatic heterocycles. The minimum Gasteiger partial charge on any atom is -0.465 e. The number of nitriles is 1. The normalized spacial score (nSPS) is 24.0. The third-order valence-corrected chi connectivity index (χ3v) is 2.25. The molecule has 0 radical (unpaired) electrons. The van der Waals surface area contributed by atoms with E-state index in [2.05, 4.69) is 6.07 Å². The van der Waals surface area contributed by atoms with Crippen LogP contribution in [0.3, 0.4) is 0 Å². The van der Waals surface area contributed by atoms with Gasteiger partial charge in [-0.15, -0.1) is 0 Å². The molecule has 0 bridgehead atoms. The highest BCUT2D eigenvalue weighted by Crippen LogP contribution is 2.08. The smallest absolute Gasteiger partial charge is 0.407 e. The van der Waals surface area contributed by atoms with Gasteiger partial charge in [-0.1, -0.05) is 0 Å². The monoisotopic (exact) mass is 183 g/mol. The molecule has 1 fully saturated rings. The first kappa shape index (κ1) is 9.81. The van der Waals surface area contributed by atoms with E-state index in [0.717, 1.165) is 0 Å². The van der Waals surface area contributed by atoms with Crippen molar-refractivity contribution in [2.45, 2.75) is 13.0 Å². The quantitative estimate of drug-likeness (QED) is 0.589. The van der Waals surface area contributed by atoms with Gasteiger partial charge in [0, 0.05) is 25.7 Å². The first-order chi connectivity index (χ1) is 6.15. The fraction of sp³-hybridized carbons (Fsp3) is 0.750. The van der Waals surface area contributed by atoms with E-state index in [0.29, 0.717) is 26.2 Å². The summed E-state index contributed by atoms with van der Waals surface area (Å²) >= 11 is 0. The zero-order valence-electron chi connectivity index (χ0n) is 7.60. The Bertz CT molecular complexity index is 236. The van der Waals surface area contributed by atoms with Gasteiger partial charge in [0.1, 0.15) is 0 Å². The third kappa shape index (κ3) is 2.33. The van der Waals surface area contributed by atoms with Crippen molar-refractivity contribution in [3.63, 3.8) is 0 Å². The molecule has 0 spiro atoms. The molecular weight excluding hydrogens is 170 g/mol. The number of carboxylic acid groups (broad SMARTS) is 1.